The number of aromatic nitrogens is 4. The van der Waals surface area contributed by atoms with Gasteiger partial charge in [0, 0.05) is 18.0 Å². The van der Waals surface area contributed by atoms with Crippen molar-refractivity contribution in [2.75, 3.05) is 10.6 Å². The van der Waals surface area contributed by atoms with Crippen LogP contribution in [0.5, 0.6) is 11.5 Å². The number of rotatable bonds is 6. The van der Waals surface area contributed by atoms with Crippen molar-refractivity contribution in [3.63, 3.8) is 0 Å². The number of amides is 3. The van der Waals surface area contributed by atoms with Crippen LogP contribution in [0.4, 0.5) is 34.1 Å². The van der Waals surface area contributed by atoms with Crippen LogP contribution in [0.25, 0.3) is 5.69 Å². The van der Waals surface area contributed by atoms with E-state index in [1.54, 1.807) is 0 Å². The van der Waals surface area contributed by atoms with Crippen LogP contribution in [-0.2, 0) is 10.9 Å². The van der Waals surface area contributed by atoms with Gasteiger partial charge in [-0.3, -0.25) is 0 Å². The maximum absolute atomic E-state index is 13.2. The number of hydrogen-bond acceptors (Lipinski definition) is 8. The molecule has 38 heavy (non-hydrogen) atoms. The highest BCUT2D eigenvalue weighted by atomic mass is 19.4. The third kappa shape index (κ3) is 6.39. The van der Waals surface area contributed by atoms with Gasteiger partial charge in [-0.1, -0.05) is 0 Å². The predicted octanol–water partition coefficient (Wildman–Crippen LogP) is 4.35. The number of hydrogen-bond donors (Lipinski definition) is 3. The summed E-state index contributed by atoms with van der Waals surface area (Å²) in [5, 5.41) is 8.79. The molecule has 0 bridgehead atoms. The number of pyridine rings is 1. The second-order valence-electron chi connectivity index (χ2n) is 7.36. The number of anilines is 2. The van der Waals surface area contributed by atoms with Gasteiger partial charge in [-0.25, -0.2) is 29.0 Å². The van der Waals surface area contributed by atoms with Crippen molar-refractivity contribution < 1.29 is 37.0 Å². The minimum Gasteiger partial charge on any atom is -0.457 e. The quantitative estimate of drug-likeness (QED) is 0.246. The lowest BCUT2D eigenvalue weighted by atomic mass is 10.1. The number of benzene rings is 2. The Bertz CT molecular complexity index is 1480. The standard InChI is InChI=1S/C23H16F3N7O5/c24-23(25,26)13-1-6-19(33-12-28-11-30-33)17(9-13)32-22(36)31-14-2-4-15(5-3-14)37-16-7-8-29-18(10-16)20(34)38-21(27)35/h1-12H,(H2,27,35)(H2,31,32,36). The first kappa shape index (κ1) is 25.6. The van der Waals surface area contributed by atoms with Crippen LogP contribution in [0.2, 0.25) is 0 Å². The Balaban J connectivity index is 1.44. The third-order valence-electron chi connectivity index (χ3n) is 4.72. The fraction of sp³-hybridized carbons (Fsp3) is 0.0435. The molecule has 2 aromatic carbocycles. The highest BCUT2D eigenvalue weighted by Crippen LogP contribution is 2.33. The van der Waals surface area contributed by atoms with Gasteiger partial charge in [0.15, 0.2) is 5.69 Å². The Labute approximate surface area is 211 Å². The summed E-state index contributed by atoms with van der Waals surface area (Å²) in [6.07, 6.45) is -2.17. The Morgan fingerprint density at radius 3 is 2.37 bits per heavy atom. The summed E-state index contributed by atoms with van der Waals surface area (Å²) in [7, 11) is 0. The van der Waals surface area contributed by atoms with E-state index in [4.69, 9.17) is 10.5 Å². The van der Waals surface area contributed by atoms with Gasteiger partial charge in [-0.15, -0.1) is 0 Å². The number of urea groups is 1. The molecule has 2 heterocycles. The molecule has 0 spiro atoms. The topological polar surface area (TPSA) is 163 Å². The second-order valence-corrected chi connectivity index (χ2v) is 7.36. The lowest BCUT2D eigenvalue weighted by molar-refractivity contribution is -0.137. The number of nitrogens with two attached hydrogens (primary N) is 1. The lowest BCUT2D eigenvalue weighted by Crippen LogP contribution is -2.21. The van der Waals surface area contributed by atoms with Crippen LogP contribution in [0.1, 0.15) is 16.1 Å². The number of alkyl halides is 3. The monoisotopic (exact) mass is 527 g/mol. The molecule has 0 saturated carbocycles. The molecule has 4 aromatic rings. The van der Waals surface area contributed by atoms with Crippen molar-refractivity contribution >= 4 is 29.5 Å². The molecule has 12 nitrogen and oxygen atoms in total. The van der Waals surface area contributed by atoms with Crippen LogP contribution in [0, 0.1) is 0 Å². The molecule has 4 rings (SSSR count). The van der Waals surface area contributed by atoms with Crippen molar-refractivity contribution in [3.05, 3.63) is 84.7 Å². The zero-order valence-corrected chi connectivity index (χ0v) is 19.0. The zero-order chi connectivity index (χ0) is 27.3. The van der Waals surface area contributed by atoms with Crippen LogP contribution in [0.15, 0.2) is 73.4 Å². The first-order valence-corrected chi connectivity index (χ1v) is 10.5. The van der Waals surface area contributed by atoms with E-state index in [9.17, 15) is 27.6 Å². The summed E-state index contributed by atoms with van der Waals surface area (Å²) in [5.74, 6) is -0.552. The van der Waals surface area contributed by atoms with Gasteiger partial charge in [0.05, 0.1) is 16.9 Å². The number of nitrogens with zero attached hydrogens (tertiary/aromatic N) is 4. The molecule has 3 amide bonds. The molecule has 4 N–H and O–H groups in total. The summed E-state index contributed by atoms with van der Waals surface area (Å²) >= 11 is 0. The van der Waals surface area contributed by atoms with E-state index in [0.717, 1.165) is 18.2 Å². The van der Waals surface area contributed by atoms with Crippen molar-refractivity contribution in [2.24, 2.45) is 5.73 Å². The third-order valence-corrected chi connectivity index (χ3v) is 4.72. The van der Waals surface area contributed by atoms with E-state index in [1.165, 1.54) is 59.9 Å². The van der Waals surface area contributed by atoms with Gasteiger partial charge in [0.2, 0.25) is 0 Å². The maximum Gasteiger partial charge on any atom is 0.416 e. The lowest BCUT2D eigenvalue weighted by Gasteiger charge is -2.15. The van der Waals surface area contributed by atoms with Crippen molar-refractivity contribution in [2.45, 2.75) is 6.18 Å². The number of halogens is 3. The van der Waals surface area contributed by atoms with E-state index in [2.05, 4.69) is 30.4 Å². The van der Waals surface area contributed by atoms with Gasteiger partial charge in [-0.2, -0.15) is 18.3 Å². The molecule has 0 unspecified atom stereocenters. The molecule has 2 aromatic heterocycles. The second kappa shape index (κ2) is 10.7. The number of primary amides is 1. The Morgan fingerprint density at radius 2 is 1.71 bits per heavy atom. The number of nitrogens with one attached hydrogen (secondary N) is 2. The van der Waals surface area contributed by atoms with Crippen molar-refractivity contribution in [1.82, 2.24) is 19.7 Å². The largest absolute Gasteiger partial charge is 0.457 e. The summed E-state index contributed by atoms with van der Waals surface area (Å²) in [5.41, 5.74) is 3.96. The van der Waals surface area contributed by atoms with Crippen LogP contribution >= 0.6 is 0 Å². The van der Waals surface area contributed by atoms with Gasteiger partial charge in [0.25, 0.3) is 0 Å². The van der Waals surface area contributed by atoms with Crippen LogP contribution < -0.4 is 21.1 Å². The van der Waals surface area contributed by atoms with E-state index in [-0.39, 0.29) is 22.8 Å². The normalized spacial score (nSPS) is 10.9. The molecule has 0 atom stereocenters. The molecule has 194 valence electrons. The highest BCUT2D eigenvalue weighted by molar-refractivity contribution is 6.01. The molecular formula is C23H16F3N7O5. The summed E-state index contributed by atoms with van der Waals surface area (Å²) in [4.78, 5) is 42.6. The summed E-state index contributed by atoms with van der Waals surface area (Å²) in [6.45, 7) is 0. The zero-order valence-electron chi connectivity index (χ0n) is 19.0. The Morgan fingerprint density at radius 1 is 0.947 bits per heavy atom. The first-order valence-electron chi connectivity index (χ1n) is 10.5. The van der Waals surface area contributed by atoms with Crippen LogP contribution in [0.3, 0.4) is 0 Å². The molecule has 0 aliphatic carbocycles. The van der Waals surface area contributed by atoms with Crippen molar-refractivity contribution in [3.8, 4) is 17.2 Å². The molecule has 0 saturated heterocycles. The number of carbonyl (C=O) groups excluding carboxylic acids is 3. The minimum atomic E-state index is -4.62. The van der Waals surface area contributed by atoms with Gasteiger partial charge < -0.3 is 25.8 Å². The summed E-state index contributed by atoms with van der Waals surface area (Å²) in [6, 6.07) is 10.6. The molecule has 0 radical (unpaired) electrons. The first-order chi connectivity index (χ1) is 18.1. The van der Waals surface area contributed by atoms with Crippen molar-refractivity contribution in [1.29, 1.82) is 0 Å². The number of carbonyl (C=O) groups is 3. The number of esters is 1. The SMILES string of the molecule is NC(=O)OC(=O)c1cc(Oc2ccc(NC(=O)Nc3cc(C(F)(F)F)ccc3-n3cncn3)cc2)ccn1. The fourth-order valence-corrected chi connectivity index (χ4v) is 3.10. The average Bonchev–Trinajstić information content (AvgIpc) is 3.39. The van der Waals surface area contributed by atoms with E-state index in [0.29, 0.717) is 11.4 Å². The molecule has 0 fully saturated rings. The Kier molecular flexibility index (Phi) is 7.18. The van der Waals surface area contributed by atoms with E-state index in [1.807, 2.05) is 0 Å². The average molecular weight is 527 g/mol. The Hall–Kier alpha value is -5.47. The van der Waals surface area contributed by atoms with E-state index < -0.39 is 29.8 Å². The number of ether oxygens (including phenoxy) is 2. The maximum atomic E-state index is 13.2. The fourth-order valence-electron chi connectivity index (χ4n) is 3.10. The highest BCUT2D eigenvalue weighted by Gasteiger charge is 2.31. The van der Waals surface area contributed by atoms with Gasteiger partial charge in [0.1, 0.15) is 24.2 Å². The predicted molar refractivity (Wildman–Crippen MR) is 125 cm³/mol. The van der Waals surface area contributed by atoms with E-state index >= 15 is 0 Å². The van der Waals surface area contributed by atoms with Gasteiger partial charge in [-0.05, 0) is 48.5 Å². The molecule has 0 aliphatic heterocycles. The summed E-state index contributed by atoms with van der Waals surface area (Å²) < 4.78 is 50.7. The smallest absolute Gasteiger partial charge is 0.416 e. The van der Waals surface area contributed by atoms with Crippen LogP contribution in [-0.4, -0.2) is 37.8 Å². The molecule has 0 aliphatic rings. The molecule has 15 heteroatoms. The van der Waals surface area contributed by atoms with Gasteiger partial charge >= 0.3 is 24.3 Å². The molecular weight excluding hydrogens is 511 g/mol. The minimum absolute atomic E-state index is 0.147.